The molecular formula is C24H37N5O2S. The van der Waals surface area contributed by atoms with E-state index in [1.807, 2.05) is 17.4 Å². The number of aromatic nitrogens is 3. The molecule has 0 bridgehead atoms. The van der Waals surface area contributed by atoms with Crippen LogP contribution in [-0.2, 0) is 17.8 Å². The van der Waals surface area contributed by atoms with Gasteiger partial charge in [0.25, 0.3) is 5.56 Å². The molecule has 0 spiro atoms. The Morgan fingerprint density at radius 1 is 1.06 bits per heavy atom. The van der Waals surface area contributed by atoms with E-state index in [1.54, 1.807) is 11.3 Å². The van der Waals surface area contributed by atoms with Crippen LogP contribution in [-0.4, -0.2) is 51.2 Å². The number of unbranched alkanes of at least 4 members (excludes halogenated alkanes) is 2. The van der Waals surface area contributed by atoms with Crippen molar-refractivity contribution in [1.82, 2.24) is 24.4 Å². The van der Waals surface area contributed by atoms with E-state index in [9.17, 15) is 9.59 Å². The number of nitrogens with zero attached hydrogens (tertiary/aromatic N) is 4. The number of fused-ring (bicyclic) bond motifs is 3. The summed E-state index contributed by atoms with van der Waals surface area (Å²) in [7, 11) is 0. The Balaban J connectivity index is 1.61. The molecule has 0 aliphatic heterocycles. The number of thiophene rings is 1. The Bertz CT molecular complexity index is 1090. The number of carbonyl (C=O) groups is 1. The SMILES string of the molecule is CCCCN(CCCC)CCCNC(=O)Cn1nc(CC)n2c(cc3sc(C)cc32)c1=O. The zero-order valence-electron chi connectivity index (χ0n) is 19.9. The summed E-state index contributed by atoms with van der Waals surface area (Å²) in [6.45, 7) is 12.3. The quantitative estimate of drug-likeness (QED) is 0.392. The van der Waals surface area contributed by atoms with Gasteiger partial charge >= 0.3 is 0 Å². The lowest BCUT2D eigenvalue weighted by Crippen LogP contribution is -2.36. The molecule has 3 aromatic heterocycles. The van der Waals surface area contributed by atoms with Crippen molar-refractivity contribution in [3.05, 3.63) is 33.2 Å². The minimum absolute atomic E-state index is 0.0461. The second-order valence-electron chi connectivity index (χ2n) is 8.46. The Labute approximate surface area is 194 Å². The van der Waals surface area contributed by atoms with Crippen LogP contribution in [0.4, 0.5) is 0 Å². The molecule has 0 radical (unpaired) electrons. The fraction of sp³-hybridized carbons (Fsp3) is 0.625. The first-order valence-corrected chi connectivity index (χ1v) is 12.8. The molecule has 0 aliphatic rings. The van der Waals surface area contributed by atoms with Crippen molar-refractivity contribution in [2.24, 2.45) is 0 Å². The number of hydrogen-bond donors (Lipinski definition) is 1. The van der Waals surface area contributed by atoms with Gasteiger partial charge in [0.15, 0.2) is 0 Å². The van der Waals surface area contributed by atoms with Crippen LogP contribution < -0.4 is 10.9 Å². The van der Waals surface area contributed by atoms with Crippen molar-refractivity contribution < 1.29 is 4.79 Å². The fourth-order valence-corrected chi connectivity index (χ4v) is 5.01. The Kier molecular flexibility index (Phi) is 8.87. The topological polar surface area (TPSA) is 71.6 Å². The molecule has 3 heterocycles. The van der Waals surface area contributed by atoms with Crippen molar-refractivity contribution in [2.75, 3.05) is 26.2 Å². The van der Waals surface area contributed by atoms with Gasteiger partial charge < -0.3 is 10.2 Å². The lowest BCUT2D eigenvalue weighted by Gasteiger charge is -2.21. The van der Waals surface area contributed by atoms with Crippen LogP contribution in [0.1, 0.15) is 63.6 Å². The lowest BCUT2D eigenvalue weighted by molar-refractivity contribution is -0.121. The summed E-state index contributed by atoms with van der Waals surface area (Å²) in [4.78, 5) is 29.2. The first kappa shape index (κ1) is 24.5. The normalized spacial score (nSPS) is 11.8. The van der Waals surface area contributed by atoms with Gasteiger partial charge in [0.1, 0.15) is 17.9 Å². The number of nitrogens with one attached hydrogen (secondary N) is 1. The van der Waals surface area contributed by atoms with Gasteiger partial charge in [-0.15, -0.1) is 11.3 Å². The number of amides is 1. The minimum atomic E-state index is -0.219. The van der Waals surface area contributed by atoms with E-state index >= 15 is 0 Å². The maximum Gasteiger partial charge on any atom is 0.291 e. The lowest BCUT2D eigenvalue weighted by atomic mass is 10.2. The van der Waals surface area contributed by atoms with Crippen molar-refractivity contribution in [3.8, 4) is 0 Å². The molecule has 0 aromatic carbocycles. The minimum Gasteiger partial charge on any atom is -0.354 e. The number of rotatable bonds is 13. The molecule has 0 aliphatic carbocycles. The number of hydrogen-bond acceptors (Lipinski definition) is 5. The summed E-state index contributed by atoms with van der Waals surface area (Å²) >= 11 is 1.67. The molecule has 1 N–H and O–H groups in total. The van der Waals surface area contributed by atoms with Crippen LogP contribution in [0.2, 0.25) is 0 Å². The molecule has 0 saturated heterocycles. The summed E-state index contributed by atoms with van der Waals surface area (Å²) in [6, 6.07) is 4.01. The summed E-state index contributed by atoms with van der Waals surface area (Å²) in [6.07, 6.45) is 6.42. The van der Waals surface area contributed by atoms with Gasteiger partial charge in [-0.25, -0.2) is 4.68 Å². The van der Waals surface area contributed by atoms with E-state index < -0.39 is 0 Å². The first-order chi connectivity index (χ1) is 15.5. The Hall–Kier alpha value is -2.19. The van der Waals surface area contributed by atoms with E-state index in [0.29, 0.717) is 18.5 Å². The molecule has 1 amide bonds. The summed E-state index contributed by atoms with van der Waals surface area (Å²) in [5.74, 6) is 0.631. The average Bonchev–Trinajstić information content (AvgIpc) is 3.31. The van der Waals surface area contributed by atoms with Gasteiger partial charge in [0, 0.05) is 17.8 Å². The predicted molar refractivity (Wildman–Crippen MR) is 133 cm³/mol. The molecular weight excluding hydrogens is 422 g/mol. The van der Waals surface area contributed by atoms with E-state index in [4.69, 9.17) is 0 Å². The highest BCUT2D eigenvalue weighted by Crippen LogP contribution is 2.28. The molecule has 0 unspecified atom stereocenters. The second-order valence-corrected chi connectivity index (χ2v) is 9.74. The van der Waals surface area contributed by atoms with Crippen LogP contribution in [0.3, 0.4) is 0 Å². The van der Waals surface area contributed by atoms with Gasteiger partial charge in [-0.3, -0.25) is 14.0 Å². The third-order valence-corrected chi connectivity index (χ3v) is 6.79. The van der Waals surface area contributed by atoms with Crippen LogP contribution in [0.15, 0.2) is 16.9 Å². The molecule has 0 atom stereocenters. The van der Waals surface area contributed by atoms with Crippen LogP contribution in [0.25, 0.3) is 15.7 Å². The number of carbonyl (C=O) groups excluding carboxylic acids is 1. The Morgan fingerprint density at radius 2 is 1.75 bits per heavy atom. The molecule has 32 heavy (non-hydrogen) atoms. The molecule has 8 heteroatoms. The maximum atomic E-state index is 13.0. The average molecular weight is 460 g/mol. The smallest absolute Gasteiger partial charge is 0.291 e. The van der Waals surface area contributed by atoms with E-state index in [2.05, 4.69) is 42.2 Å². The van der Waals surface area contributed by atoms with Gasteiger partial charge in [-0.1, -0.05) is 33.6 Å². The van der Waals surface area contributed by atoms with Crippen LogP contribution >= 0.6 is 11.3 Å². The molecule has 3 aromatic rings. The summed E-state index contributed by atoms with van der Waals surface area (Å²) in [5, 5.41) is 7.49. The van der Waals surface area contributed by atoms with Crippen molar-refractivity contribution in [1.29, 1.82) is 0 Å². The van der Waals surface area contributed by atoms with Gasteiger partial charge in [-0.05, 0) is 58.0 Å². The summed E-state index contributed by atoms with van der Waals surface area (Å²) in [5.41, 5.74) is 1.40. The fourth-order valence-electron chi connectivity index (χ4n) is 4.07. The van der Waals surface area contributed by atoms with Gasteiger partial charge in [-0.2, -0.15) is 5.10 Å². The monoisotopic (exact) mass is 459 g/mol. The highest BCUT2D eigenvalue weighted by atomic mass is 32.1. The molecule has 7 nitrogen and oxygen atoms in total. The first-order valence-electron chi connectivity index (χ1n) is 12.0. The largest absolute Gasteiger partial charge is 0.354 e. The number of aryl methyl sites for hydroxylation is 2. The van der Waals surface area contributed by atoms with Crippen LogP contribution in [0, 0.1) is 6.92 Å². The molecule has 0 saturated carbocycles. The predicted octanol–water partition coefficient (Wildman–Crippen LogP) is 3.99. The Morgan fingerprint density at radius 3 is 2.41 bits per heavy atom. The van der Waals surface area contributed by atoms with Crippen molar-refractivity contribution in [2.45, 2.75) is 72.8 Å². The highest BCUT2D eigenvalue weighted by Gasteiger charge is 2.16. The third kappa shape index (κ3) is 5.78. The zero-order chi connectivity index (χ0) is 23.1. The second kappa shape index (κ2) is 11.6. The summed E-state index contributed by atoms with van der Waals surface area (Å²) < 4.78 is 4.33. The molecule has 176 valence electrons. The highest BCUT2D eigenvalue weighted by molar-refractivity contribution is 7.19. The third-order valence-electron chi connectivity index (χ3n) is 5.80. The van der Waals surface area contributed by atoms with Gasteiger partial charge in [0.05, 0.1) is 10.2 Å². The standard InChI is InChI=1S/C24H37N5O2S/c1-5-8-12-27(13-9-6-2)14-10-11-25-23(30)17-28-24(31)20-16-21-19(15-18(4)32-21)29(20)22(7-3)26-28/h15-16H,5-14,17H2,1-4H3,(H,25,30). The van der Waals surface area contributed by atoms with Gasteiger partial charge in [0.2, 0.25) is 5.91 Å². The zero-order valence-corrected chi connectivity index (χ0v) is 20.8. The molecule has 3 rings (SSSR count). The van der Waals surface area contributed by atoms with E-state index in [-0.39, 0.29) is 18.0 Å². The van der Waals surface area contributed by atoms with E-state index in [1.165, 1.54) is 35.2 Å². The van der Waals surface area contributed by atoms with Crippen molar-refractivity contribution >= 4 is 33.0 Å². The maximum absolute atomic E-state index is 13.0. The van der Waals surface area contributed by atoms with Crippen LogP contribution in [0.5, 0.6) is 0 Å². The van der Waals surface area contributed by atoms with Crippen molar-refractivity contribution in [3.63, 3.8) is 0 Å². The molecule has 0 fully saturated rings. The van der Waals surface area contributed by atoms with E-state index in [0.717, 1.165) is 42.1 Å².